The smallest absolute Gasteiger partial charge is 0.287 e. The molecule has 0 aliphatic rings. The highest BCUT2D eigenvalue weighted by molar-refractivity contribution is 7.48. The molecule has 0 aliphatic heterocycles. The second-order valence-corrected chi connectivity index (χ2v) is 4.26. The van der Waals surface area contributed by atoms with Crippen molar-refractivity contribution < 1.29 is 18.1 Å². The van der Waals surface area contributed by atoms with Crippen LogP contribution >= 0.6 is 7.82 Å². The van der Waals surface area contributed by atoms with E-state index in [9.17, 15) is 4.57 Å². The van der Waals surface area contributed by atoms with E-state index in [1.54, 1.807) is 0 Å². The lowest BCUT2D eigenvalue weighted by atomic mass is 10.4. The Kier molecular flexibility index (Phi) is 8.62. The Morgan fingerprint density at radius 1 is 1.13 bits per heavy atom. The normalized spacial score (nSPS) is 11.3. The van der Waals surface area contributed by atoms with Crippen LogP contribution in [0.15, 0.2) is 25.3 Å². The second-order valence-electron chi connectivity index (χ2n) is 2.59. The van der Waals surface area contributed by atoms with E-state index in [4.69, 9.17) is 20.5 Å². The van der Waals surface area contributed by atoms with Crippen LogP contribution in [0, 0.1) is 6.92 Å². The Hall–Kier alpha value is -0.410. The molecule has 0 fully saturated rings. The molecule has 0 aromatic heterocycles. The van der Waals surface area contributed by atoms with Gasteiger partial charge in [0.2, 0.25) is 0 Å². The number of unbranched alkanes of at least 4 members (excludes halogenated alkanes) is 1. The molecule has 0 saturated heterocycles. The maximum atomic E-state index is 11.8. The van der Waals surface area contributed by atoms with Crippen molar-refractivity contribution in [2.75, 3.05) is 19.8 Å². The summed E-state index contributed by atoms with van der Waals surface area (Å²) in [5.74, 6) is 0. The number of rotatable bonds is 10. The fourth-order valence-electron chi connectivity index (χ4n) is 0.659. The van der Waals surface area contributed by atoms with Gasteiger partial charge < -0.3 is 0 Å². The Bertz CT molecular complexity index is 211. The van der Waals surface area contributed by atoms with Gasteiger partial charge in [-0.25, -0.2) is 4.57 Å². The minimum absolute atomic E-state index is 0.108. The average Bonchev–Trinajstić information content (AvgIpc) is 2.24. The van der Waals surface area contributed by atoms with Crippen molar-refractivity contribution in [3.8, 4) is 0 Å². The Balaban J connectivity index is 4.06. The zero-order valence-electron chi connectivity index (χ0n) is 8.76. The second kappa shape index (κ2) is 8.86. The molecule has 0 aliphatic carbocycles. The van der Waals surface area contributed by atoms with Gasteiger partial charge in [-0.15, -0.1) is 13.2 Å². The lowest BCUT2D eigenvalue weighted by molar-refractivity contribution is 0.130. The lowest BCUT2D eigenvalue weighted by Crippen LogP contribution is -2.01. The summed E-state index contributed by atoms with van der Waals surface area (Å²) < 4.78 is 26.7. The maximum Gasteiger partial charge on any atom is 0.475 e. The molecule has 0 unspecified atom stereocenters. The van der Waals surface area contributed by atoms with Crippen LogP contribution in [-0.4, -0.2) is 19.8 Å². The number of phosphoric ester groups is 1. The third-order valence-electron chi connectivity index (χ3n) is 1.30. The largest absolute Gasteiger partial charge is 0.475 e. The summed E-state index contributed by atoms with van der Waals surface area (Å²) in [6.07, 6.45) is 3.99. The first-order valence-corrected chi connectivity index (χ1v) is 6.10. The van der Waals surface area contributed by atoms with Crippen LogP contribution in [0.4, 0.5) is 0 Å². The summed E-state index contributed by atoms with van der Waals surface area (Å²) in [6.45, 7) is 12.6. The Morgan fingerprint density at radius 2 is 1.67 bits per heavy atom. The number of phosphoric acid groups is 1. The molecule has 0 bridgehead atoms. The molecule has 0 N–H and O–H groups in total. The molecular weight excluding hydrogens is 215 g/mol. The van der Waals surface area contributed by atoms with Crippen molar-refractivity contribution in [1.29, 1.82) is 0 Å². The van der Waals surface area contributed by atoms with Gasteiger partial charge in [0.25, 0.3) is 0 Å². The molecule has 4 nitrogen and oxygen atoms in total. The van der Waals surface area contributed by atoms with E-state index < -0.39 is 7.82 Å². The third-order valence-corrected chi connectivity index (χ3v) is 2.73. The van der Waals surface area contributed by atoms with E-state index in [-0.39, 0.29) is 19.8 Å². The molecule has 0 heterocycles. The van der Waals surface area contributed by atoms with Gasteiger partial charge in [0.05, 0.1) is 19.8 Å². The van der Waals surface area contributed by atoms with Crippen LogP contribution in [-0.2, 0) is 18.1 Å². The van der Waals surface area contributed by atoms with Gasteiger partial charge in [-0.2, -0.15) is 0 Å². The summed E-state index contributed by atoms with van der Waals surface area (Å²) in [7, 11) is -3.48. The quantitative estimate of drug-likeness (QED) is 0.330. The van der Waals surface area contributed by atoms with Gasteiger partial charge in [0.15, 0.2) is 0 Å². The predicted molar refractivity (Wildman–Crippen MR) is 59.4 cm³/mol. The van der Waals surface area contributed by atoms with E-state index in [0.717, 1.165) is 0 Å². The minimum Gasteiger partial charge on any atom is -0.287 e. The van der Waals surface area contributed by atoms with Crippen LogP contribution in [0.25, 0.3) is 0 Å². The van der Waals surface area contributed by atoms with E-state index in [1.165, 1.54) is 12.2 Å². The van der Waals surface area contributed by atoms with Crippen LogP contribution in [0.5, 0.6) is 0 Å². The molecule has 2 radical (unpaired) electrons. The molecule has 15 heavy (non-hydrogen) atoms. The predicted octanol–water partition coefficient (Wildman–Crippen LogP) is 3.01. The standard InChI is InChI=1S/C10H17O4P/c1-4-7-10-14-15(11,12-8-5-2)13-9-6-3/h1,5-6H,2-4,7-10H2. The van der Waals surface area contributed by atoms with Crippen LogP contribution in [0.2, 0.25) is 0 Å². The zero-order valence-corrected chi connectivity index (χ0v) is 9.66. The molecule has 5 heteroatoms. The molecule has 0 rings (SSSR count). The van der Waals surface area contributed by atoms with E-state index in [1.807, 2.05) is 0 Å². The van der Waals surface area contributed by atoms with Crippen LogP contribution in [0.1, 0.15) is 12.8 Å². The van der Waals surface area contributed by atoms with Gasteiger partial charge in [-0.1, -0.05) is 12.2 Å². The highest BCUT2D eigenvalue weighted by Crippen LogP contribution is 2.49. The molecule has 0 aromatic rings. The Morgan fingerprint density at radius 3 is 2.07 bits per heavy atom. The summed E-state index contributed by atoms with van der Waals surface area (Å²) >= 11 is 0. The van der Waals surface area contributed by atoms with Crippen molar-refractivity contribution >= 4 is 7.82 Å². The van der Waals surface area contributed by atoms with Gasteiger partial charge in [-0.05, 0) is 19.8 Å². The lowest BCUT2D eigenvalue weighted by Gasteiger charge is -2.16. The summed E-state index contributed by atoms with van der Waals surface area (Å²) in [4.78, 5) is 0. The van der Waals surface area contributed by atoms with Crippen molar-refractivity contribution in [3.63, 3.8) is 0 Å². The van der Waals surface area contributed by atoms with E-state index in [0.29, 0.717) is 12.8 Å². The van der Waals surface area contributed by atoms with Crippen LogP contribution in [0.3, 0.4) is 0 Å². The molecule has 86 valence electrons. The first-order chi connectivity index (χ1) is 7.18. The molecule has 0 saturated carbocycles. The topological polar surface area (TPSA) is 44.8 Å². The maximum absolute atomic E-state index is 11.8. The fraction of sp³-hybridized carbons (Fsp3) is 0.500. The molecular formula is C10H17O4P. The highest BCUT2D eigenvalue weighted by atomic mass is 31.2. The summed E-state index contributed by atoms with van der Waals surface area (Å²) in [5.41, 5.74) is 0. The first kappa shape index (κ1) is 14.6. The van der Waals surface area contributed by atoms with Crippen molar-refractivity contribution in [1.82, 2.24) is 0 Å². The molecule has 0 spiro atoms. The molecule has 0 aromatic carbocycles. The molecule has 0 amide bonds. The highest BCUT2D eigenvalue weighted by Gasteiger charge is 2.25. The van der Waals surface area contributed by atoms with E-state index in [2.05, 4.69) is 13.2 Å². The van der Waals surface area contributed by atoms with Crippen molar-refractivity contribution in [2.24, 2.45) is 0 Å². The van der Waals surface area contributed by atoms with Crippen LogP contribution < -0.4 is 0 Å². The number of hydrogen-bond acceptors (Lipinski definition) is 4. The Labute approximate surface area is 91.5 Å². The van der Waals surface area contributed by atoms with Gasteiger partial charge in [0.1, 0.15) is 0 Å². The SMILES string of the molecule is [CH]CCCOP(=O)(OCC=C)OCC=C. The van der Waals surface area contributed by atoms with Gasteiger partial charge in [0, 0.05) is 0 Å². The fourth-order valence-corrected chi connectivity index (χ4v) is 1.81. The monoisotopic (exact) mass is 232 g/mol. The van der Waals surface area contributed by atoms with Gasteiger partial charge in [-0.3, -0.25) is 13.6 Å². The average molecular weight is 232 g/mol. The first-order valence-electron chi connectivity index (χ1n) is 4.64. The van der Waals surface area contributed by atoms with E-state index >= 15 is 0 Å². The van der Waals surface area contributed by atoms with Crippen molar-refractivity contribution in [3.05, 3.63) is 32.2 Å². The summed E-state index contributed by atoms with van der Waals surface area (Å²) in [5, 5.41) is 0. The van der Waals surface area contributed by atoms with Gasteiger partial charge >= 0.3 is 7.82 Å². The summed E-state index contributed by atoms with van der Waals surface area (Å²) in [6, 6.07) is 0. The zero-order chi connectivity index (χ0) is 11.6. The number of hydrogen-bond donors (Lipinski definition) is 0. The third kappa shape index (κ3) is 7.51. The van der Waals surface area contributed by atoms with Crippen molar-refractivity contribution in [2.45, 2.75) is 12.8 Å². The molecule has 0 atom stereocenters. The minimum atomic E-state index is -3.48.